The first-order valence-corrected chi connectivity index (χ1v) is 7.11. The maximum absolute atomic E-state index is 12.0. The molecule has 0 unspecified atom stereocenters. The van der Waals surface area contributed by atoms with Gasteiger partial charge in [0.2, 0.25) is 0 Å². The van der Waals surface area contributed by atoms with Gasteiger partial charge in [-0.3, -0.25) is 9.59 Å². The largest absolute Gasteiger partial charge is 0.299 e. The van der Waals surface area contributed by atoms with Crippen LogP contribution in [0, 0.1) is 5.92 Å². The number of benzene rings is 1. The molecule has 2 nitrogen and oxygen atoms in total. The highest BCUT2D eigenvalue weighted by atomic mass is 35.5. The Kier molecular flexibility index (Phi) is 3.89. The van der Waals surface area contributed by atoms with Crippen molar-refractivity contribution >= 4 is 34.9 Å². The SMILES string of the molecule is CSc1cc(Cl)ccc1C(=O)CC(=O)C1CC1. The molecule has 90 valence electrons. The van der Waals surface area contributed by atoms with Crippen molar-refractivity contribution in [3.05, 3.63) is 28.8 Å². The van der Waals surface area contributed by atoms with Crippen molar-refractivity contribution in [2.75, 3.05) is 6.26 Å². The van der Waals surface area contributed by atoms with E-state index in [0.717, 1.165) is 17.7 Å². The van der Waals surface area contributed by atoms with Crippen molar-refractivity contribution in [1.82, 2.24) is 0 Å². The van der Waals surface area contributed by atoms with Crippen LogP contribution in [0.15, 0.2) is 23.1 Å². The number of Topliss-reactive ketones (excluding diaryl/α,β-unsaturated/α-hetero) is 2. The van der Waals surface area contributed by atoms with Crippen molar-refractivity contribution in [1.29, 1.82) is 0 Å². The zero-order valence-corrected chi connectivity index (χ0v) is 11.1. The Bertz CT molecular complexity index is 466. The second-order valence-corrected chi connectivity index (χ2v) is 5.47. The highest BCUT2D eigenvalue weighted by Gasteiger charge is 2.31. The van der Waals surface area contributed by atoms with Gasteiger partial charge < -0.3 is 0 Å². The first-order chi connectivity index (χ1) is 8.11. The number of thioether (sulfide) groups is 1. The highest BCUT2D eigenvalue weighted by Crippen LogP contribution is 2.32. The number of carbonyl (C=O) groups excluding carboxylic acids is 2. The average molecular weight is 269 g/mol. The molecule has 0 bridgehead atoms. The van der Waals surface area contributed by atoms with Crippen molar-refractivity contribution in [3.63, 3.8) is 0 Å². The summed E-state index contributed by atoms with van der Waals surface area (Å²) in [6.07, 6.45) is 3.81. The second-order valence-electron chi connectivity index (χ2n) is 4.19. The van der Waals surface area contributed by atoms with E-state index < -0.39 is 0 Å². The molecule has 0 saturated heterocycles. The predicted molar refractivity (Wildman–Crippen MR) is 69.9 cm³/mol. The smallest absolute Gasteiger partial charge is 0.171 e. The van der Waals surface area contributed by atoms with Crippen LogP contribution in [-0.2, 0) is 4.79 Å². The molecule has 0 aromatic heterocycles. The number of rotatable bonds is 5. The molecule has 0 atom stereocenters. The Morgan fingerprint density at radius 1 is 1.41 bits per heavy atom. The molecule has 1 fully saturated rings. The molecule has 0 spiro atoms. The van der Waals surface area contributed by atoms with Gasteiger partial charge in [-0.15, -0.1) is 11.8 Å². The summed E-state index contributed by atoms with van der Waals surface area (Å²) >= 11 is 7.35. The minimum absolute atomic E-state index is 0.0276. The van der Waals surface area contributed by atoms with E-state index in [2.05, 4.69) is 0 Å². The minimum atomic E-state index is -0.0945. The fourth-order valence-electron chi connectivity index (χ4n) is 1.70. The molecule has 1 aromatic carbocycles. The van der Waals surface area contributed by atoms with Gasteiger partial charge in [0.1, 0.15) is 5.78 Å². The van der Waals surface area contributed by atoms with Gasteiger partial charge in [0, 0.05) is 21.4 Å². The first-order valence-electron chi connectivity index (χ1n) is 5.51. The van der Waals surface area contributed by atoms with Crippen LogP contribution in [0.5, 0.6) is 0 Å². The topological polar surface area (TPSA) is 34.1 Å². The van der Waals surface area contributed by atoms with Crippen LogP contribution in [0.3, 0.4) is 0 Å². The summed E-state index contributed by atoms with van der Waals surface area (Å²) in [5.41, 5.74) is 0.607. The molecule has 1 saturated carbocycles. The number of hydrogen-bond donors (Lipinski definition) is 0. The lowest BCUT2D eigenvalue weighted by molar-refractivity contribution is -0.119. The van der Waals surface area contributed by atoms with E-state index in [0.29, 0.717) is 10.6 Å². The lowest BCUT2D eigenvalue weighted by atomic mass is 10.0. The van der Waals surface area contributed by atoms with Crippen LogP contribution in [0.25, 0.3) is 0 Å². The zero-order chi connectivity index (χ0) is 12.4. The molecule has 1 aliphatic carbocycles. The van der Waals surface area contributed by atoms with Crippen LogP contribution in [0.4, 0.5) is 0 Å². The maximum Gasteiger partial charge on any atom is 0.171 e. The summed E-state index contributed by atoms with van der Waals surface area (Å²) in [7, 11) is 0. The molecule has 0 aliphatic heterocycles. The molecule has 1 aliphatic rings. The molecule has 0 N–H and O–H groups in total. The molecule has 17 heavy (non-hydrogen) atoms. The summed E-state index contributed by atoms with van der Waals surface area (Å²) < 4.78 is 0. The summed E-state index contributed by atoms with van der Waals surface area (Å²) in [4.78, 5) is 24.4. The van der Waals surface area contributed by atoms with Crippen LogP contribution in [-0.4, -0.2) is 17.8 Å². The van der Waals surface area contributed by atoms with Gasteiger partial charge >= 0.3 is 0 Å². The molecule has 0 radical (unpaired) electrons. The van der Waals surface area contributed by atoms with E-state index >= 15 is 0 Å². The highest BCUT2D eigenvalue weighted by molar-refractivity contribution is 7.98. The van der Waals surface area contributed by atoms with Crippen LogP contribution in [0.2, 0.25) is 5.02 Å². The van der Waals surface area contributed by atoms with E-state index in [4.69, 9.17) is 11.6 Å². The normalized spacial score (nSPS) is 14.7. The van der Waals surface area contributed by atoms with Gasteiger partial charge in [0.05, 0.1) is 6.42 Å². The maximum atomic E-state index is 12.0. The molecular formula is C13H13ClO2S. The fraction of sp³-hybridized carbons (Fsp3) is 0.385. The van der Waals surface area contributed by atoms with E-state index in [1.165, 1.54) is 11.8 Å². The number of halogens is 1. The van der Waals surface area contributed by atoms with E-state index in [9.17, 15) is 9.59 Å². The van der Waals surface area contributed by atoms with Gasteiger partial charge in [-0.2, -0.15) is 0 Å². The third-order valence-electron chi connectivity index (χ3n) is 2.83. The van der Waals surface area contributed by atoms with E-state index in [1.54, 1.807) is 18.2 Å². The third kappa shape index (κ3) is 3.11. The van der Waals surface area contributed by atoms with Gasteiger partial charge in [0.25, 0.3) is 0 Å². The lowest BCUT2D eigenvalue weighted by Crippen LogP contribution is -2.10. The Morgan fingerprint density at radius 2 is 2.12 bits per heavy atom. The Balaban J connectivity index is 2.14. The van der Waals surface area contributed by atoms with Crippen molar-refractivity contribution in [3.8, 4) is 0 Å². The Labute approximate surface area is 110 Å². The second kappa shape index (κ2) is 5.23. The van der Waals surface area contributed by atoms with Crippen LogP contribution < -0.4 is 0 Å². The molecule has 4 heteroatoms. The fourth-order valence-corrected chi connectivity index (χ4v) is 2.58. The van der Waals surface area contributed by atoms with Crippen molar-refractivity contribution < 1.29 is 9.59 Å². The zero-order valence-electron chi connectivity index (χ0n) is 9.53. The Hall–Kier alpha value is -0.800. The number of carbonyl (C=O) groups is 2. The summed E-state index contributed by atoms with van der Waals surface area (Å²) in [6, 6.07) is 5.16. The standard InChI is InChI=1S/C13H13ClO2S/c1-17-13-6-9(14)4-5-10(13)12(16)7-11(15)8-2-3-8/h4-6,8H,2-3,7H2,1H3. The van der Waals surface area contributed by atoms with Crippen molar-refractivity contribution in [2.45, 2.75) is 24.2 Å². The molecular weight excluding hydrogens is 256 g/mol. The van der Waals surface area contributed by atoms with Gasteiger partial charge in [-0.1, -0.05) is 11.6 Å². The third-order valence-corrected chi connectivity index (χ3v) is 3.84. The molecule has 0 amide bonds. The van der Waals surface area contributed by atoms with Gasteiger partial charge in [0.15, 0.2) is 5.78 Å². The quantitative estimate of drug-likeness (QED) is 0.465. The summed E-state index contributed by atoms with van der Waals surface area (Å²) in [5, 5.41) is 0.611. The van der Waals surface area contributed by atoms with Gasteiger partial charge in [-0.25, -0.2) is 0 Å². The van der Waals surface area contributed by atoms with E-state index in [1.807, 2.05) is 6.26 Å². The van der Waals surface area contributed by atoms with Crippen LogP contribution >= 0.6 is 23.4 Å². The minimum Gasteiger partial charge on any atom is -0.299 e. The first kappa shape index (κ1) is 12.7. The number of hydrogen-bond acceptors (Lipinski definition) is 3. The number of ketones is 2. The monoisotopic (exact) mass is 268 g/mol. The average Bonchev–Trinajstić information content (AvgIpc) is 3.12. The predicted octanol–water partition coefficient (Wildman–Crippen LogP) is 3.61. The summed E-state index contributed by atoms with van der Waals surface area (Å²) in [5.74, 6) is 0.129. The molecule has 1 aromatic rings. The molecule has 0 heterocycles. The Morgan fingerprint density at radius 3 is 2.71 bits per heavy atom. The van der Waals surface area contributed by atoms with Crippen LogP contribution in [0.1, 0.15) is 29.6 Å². The van der Waals surface area contributed by atoms with E-state index in [-0.39, 0.29) is 23.9 Å². The van der Waals surface area contributed by atoms with Crippen molar-refractivity contribution in [2.24, 2.45) is 5.92 Å². The van der Waals surface area contributed by atoms with Gasteiger partial charge in [-0.05, 0) is 37.3 Å². The molecule has 2 rings (SSSR count). The lowest BCUT2D eigenvalue weighted by Gasteiger charge is -2.06. The summed E-state index contributed by atoms with van der Waals surface area (Å²) in [6.45, 7) is 0.